The molecule has 4 nitrogen and oxygen atoms in total. The standard InChI is InChI=1S/C21H38O4/c1-5-6-7-8-11-14-17(22)19-18(25-19)15-12-9-10-13-16-21(2,3)20(23)24-4/h11,14,17-19,22H,5-10,12-13,15-16H2,1-4H3/b14-11-. The summed E-state index contributed by atoms with van der Waals surface area (Å²) >= 11 is 0. The van der Waals surface area contributed by atoms with Gasteiger partial charge in [0.15, 0.2) is 0 Å². The Hall–Kier alpha value is -0.870. The van der Waals surface area contributed by atoms with E-state index in [2.05, 4.69) is 13.0 Å². The molecule has 25 heavy (non-hydrogen) atoms. The van der Waals surface area contributed by atoms with Crippen molar-refractivity contribution in [2.75, 3.05) is 7.11 Å². The number of carbonyl (C=O) groups is 1. The Balaban J connectivity index is 2.03. The summed E-state index contributed by atoms with van der Waals surface area (Å²) in [5.74, 6) is -0.126. The topological polar surface area (TPSA) is 59.1 Å². The van der Waals surface area contributed by atoms with Gasteiger partial charge in [-0.2, -0.15) is 0 Å². The Bertz CT molecular complexity index is 403. The van der Waals surface area contributed by atoms with Gasteiger partial charge in [0.2, 0.25) is 0 Å². The number of ether oxygens (including phenoxy) is 2. The average Bonchev–Trinajstić information content (AvgIpc) is 3.36. The van der Waals surface area contributed by atoms with Crippen molar-refractivity contribution in [3.8, 4) is 0 Å². The largest absolute Gasteiger partial charge is 0.469 e. The molecule has 0 spiro atoms. The van der Waals surface area contributed by atoms with Crippen LogP contribution in [0.1, 0.15) is 85.0 Å². The van der Waals surface area contributed by atoms with Gasteiger partial charge < -0.3 is 14.6 Å². The summed E-state index contributed by atoms with van der Waals surface area (Å²) < 4.78 is 10.4. The first-order chi connectivity index (χ1) is 11.9. The van der Waals surface area contributed by atoms with Gasteiger partial charge in [-0.25, -0.2) is 0 Å². The number of epoxide rings is 1. The fourth-order valence-electron chi connectivity index (χ4n) is 3.19. The number of rotatable bonds is 14. The lowest BCUT2D eigenvalue weighted by Gasteiger charge is -2.20. The molecule has 146 valence electrons. The number of unbranched alkanes of at least 4 members (excludes halogenated alkanes) is 6. The molecule has 1 N–H and O–H groups in total. The zero-order chi connectivity index (χ0) is 18.7. The quantitative estimate of drug-likeness (QED) is 0.211. The molecule has 1 fully saturated rings. The van der Waals surface area contributed by atoms with Gasteiger partial charge in [-0.05, 0) is 39.5 Å². The summed E-state index contributed by atoms with van der Waals surface area (Å²) in [6.45, 7) is 6.08. The monoisotopic (exact) mass is 354 g/mol. The number of aliphatic hydroxyl groups excluding tert-OH is 1. The van der Waals surface area contributed by atoms with E-state index in [0.29, 0.717) is 0 Å². The highest BCUT2D eigenvalue weighted by atomic mass is 16.6. The average molecular weight is 355 g/mol. The predicted molar refractivity (Wildman–Crippen MR) is 101 cm³/mol. The molecule has 0 radical (unpaired) electrons. The maximum absolute atomic E-state index is 11.6. The van der Waals surface area contributed by atoms with Crippen LogP contribution in [0.3, 0.4) is 0 Å². The third-order valence-electron chi connectivity index (χ3n) is 5.04. The molecule has 1 aliphatic rings. The zero-order valence-electron chi connectivity index (χ0n) is 16.6. The normalized spacial score (nSPS) is 21.5. The highest BCUT2D eigenvalue weighted by Gasteiger charge is 2.42. The molecule has 3 atom stereocenters. The molecular weight excluding hydrogens is 316 g/mol. The van der Waals surface area contributed by atoms with Gasteiger partial charge in [0, 0.05) is 0 Å². The summed E-state index contributed by atoms with van der Waals surface area (Å²) in [6, 6.07) is 0. The van der Waals surface area contributed by atoms with Crippen molar-refractivity contribution < 1.29 is 19.4 Å². The fourth-order valence-corrected chi connectivity index (χ4v) is 3.19. The van der Waals surface area contributed by atoms with E-state index in [-0.39, 0.29) is 23.6 Å². The second kappa shape index (κ2) is 11.7. The van der Waals surface area contributed by atoms with E-state index in [1.165, 1.54) is 26.4 Å². The first-order valence-electron chi connectivity index (χ1n) is 10.0. The maximum atomic E-state index is 11.6. The maximum Gasteiger partial charge on any atom is 0.311 e. The lowest BCUT2D eigenvalue weighted by Crippen LogP contribution is -2.25. The van der Waals surface area contributed by atoms with Crippen LogP contribution in [-0.4, -0.2) is 36.5 Å². The molecule has 1 aliphatic heterocycles. The third kappa shape index (κ3) is 8.87. The van der Waals surface area contributed by atoms with E-state index >= 15 is 0 Å². The zero-order valence-corrected chi connectivity index (χ0v) is 16.6. The molecule has 3 unspecified atom stereocenters. The molecule has 0 amide bonds. The molecule has 0 aromatic carbocycles. The minimum absolute atomic E-state index is 0.000632. The number of hydrogen-bond donors (Lipinski definition) is 1. The van der Waals surface area contributed by atoms with Crippen LogP contribution in [0, 0.1) is 5.41 Å². The van der Waals surface area contributed by atoms with Crippen LogP contribution in [0.25, 0.3) is 0 Å². The van der Waals surface area contributed by atoms with Crippen molar-refractivity contribution in [2.24, 2.45) is 5.41 Å². The highest BCUT2D eigenvalue weighted by Crippen LogP contribution is 2.31. The van der Waals surface area contributed by atoms with E-state index in [1.807, 2.05) is 19.9 Å². The second-order valence-corrected chi connectivity index (χ2v) is 7.88. The SMILES string of the molecule is CCCCC/C=C\C(O)C1OC1CCCCCCC(C)(C)C(=O)OC. The summed E-state index contributed by atoms with van der Waals surface area (Å²) in [4.78, 5) is 11.6. The molecule has 1 saturated heterocycles. The number of esters is 1. The molecule has 1 heterocycles. The molecular formula is C21H38O4. The van der Waals surface area contributed by atoms with Gasteiger partial charge in [0.05, 0.1) is 18.6 Å². The van der Waals surface area contributed by atoms with Crippen molar-refractivity contribution >= 4 is 5.97 Å². The van der Waals surface area contributed by atoms with Crippen LogP contribution in [0.4, 0.5) is 0 Å². The summed E-state index contributed by atoms with van der Waals surface area (Å²) in [5.41, 5.74) is -0.382. The van der Waals surface area contributed by atoms with Crippen LogP contribution in [0.15, 0.2) is 12.2 Å². The Morgan fingerprint density at radius 2 is 1.92 bits per heavy atom. The van der Waals surface area contributed by atoms with E-state index < -0.39 is 6.10 Å². The predicted octanol–water partition coefficient (Wildman–Crippen LogP) is 4.79. The molecule has 1 rings (SSSR count). The summed E-state index contributed by atoms with van der Waals surface area (Å²) in [6.07, 6.45) is 14.8. The molecule has 0 aromatic heterocycles. The van der Waals surface area contributed by atoms with E-state index in [1.54, 1.807) is 0 Å². The fraction of sp³-hybridized carbons (Fsp3) is 0.857. The van der Waals surface area contributed by atoms with Gasteiger partial charge in [-0.15, -0.1) is 0 Å². The smallest absolute Gasteiger partial charge is 0.311 e. The van der Waals surface area contributed by atoms with E-state index in [0.717, 1.165) is 44.9 Å². The number of hydrogen-bond acceptors (Lipinski definition) is 4. The van der Waals surface area contributed by atoms with Crippen molar-refractivity contribution in [3.63, 3.8) is 0 Å². The van der Waals surface area contributed by atoms with E-state index in [4.69, 9.17) is 9.47 Å². The summed E-state index contributed by atoms with van der Waals surface area (Å²) in [7, 11) is 1.45. The van der Waals surface area contributed by atoms with Crippen molar-refractivity contribution in [1.29, 1.82) is 0 Å². The van der Waals surface area contributed by atoms with E-state index in [9.17, 15) is 9.90 Å². The third-order valence-corrected chi connectivity index (χ3v) is 5.04. The first-order valence-corrected chi connectivity index (χ1v) is 10.0. The molecule has 0 aliphatic carbocycles. The molecule has 0 saturated carbocycles. The van der Waals surface area contributed by atoms with Gasteiger partial charge in [0.1, 0.15) is 12.2 Å². The number of allylic oxidation sites excluding steroid dienone is 1. The van der Waals surface area contributed by atoms with Gasteiger partial charge in [-0.1, -0.05) is 57.6 Å². The molecule has 0 aromatic rings. The first kappa shape index (κ1) is 22.2. The summed E-state index contributed by atoms with van der Waals surface area (Å²) in [5, 5.41) is 10.1. The molecule has 4 heteroatoms. The van der Waals surface area contributed by atoms with Gasteiger partial charge in [-0.3, -0.25) is 4.79 Å². The number of aliphatic hydroxyl groups is 1. The Morgan fingerprint density at radius 1 is 1.20 bits per heavy atom. The van der Waals surface area contributed by atoms with Crippen molar-refractivity contribution in [1.82, 2.24) is 0 Å². The Kier molecular flexibility index (Phi) is 10.4. The van der Waals surface area contributed by atoms with Crippen LogP contribution in [0.2, 0.25) is 0 Å². The Labute approximate surface area is 154 Å². The van der Waals surface area contributed by atoms with Crippen LogP contribution >= 0.6 is 0 Å². The van der Waals surface area contributed by atoms with Gasteiger partial charge >= 0.3 is 5.97 Å². The minimum Gasteiger partial charge on any atom is -0.469 e. The van der Waals surface area contributed by atoms with Crippen molar-refractivity contribution in [2.45, 2.75) is 103 Å². The minimum atomic E-state index is -0.451. The van der Waals surface area contributed by atoms with Gasteiger partial charge in [0.25, 0.3) is 0 Å². The number of methoxy groups -OCH3 is 1. The second-order valence-electron chi connectivity index (χ2n) is 7.88. The lowest BCUT2D eigenvalue weighted by molar-refractivity contribution is -0.151. The Morgan fingerprint density at radius 3 is 2.60 bits per heavy atom. The molecule has 0 bridgehead atoms. The van der Waals surface area contributed by atoms with Crippen LogP contribution < -0.4 is 0 Å². The lowest BCUT2D eigenvalue weighted by atomic mass is 9.87. The van der Waals surface area contributed by atoms with Crippen LogP contribution in [0.5, 0.6) is 0 Å². The number of carbonyl (C=O) groups excluding carboxylic acids is 1. The highest BCUT2D eigenvalue weighted by molar-refractivity contribution is 5.75. The van der Waals surface area contributed by atoms with Crippen molar-refractivity contribution in [3.05, 3.63) is 12.2 Å². The van der Waals surface area contributed by atoms with Crippen LogP contribution in [-0.2, 0) is 14.3 Å².